The standard InChI is InChI=1S/C10H11N3O4/c1-5(12-13-10(17)9(11)16)7-3-2-6(14)4-8(7)15/h2-4,14-15H,1H3,(H2,11,16)(H,13,17)/b12-5+. The van der Waals surface area contributed by atoms with Gasteiger partial charge in [0.15, 0.2) is 0 Å². The Kier molecular flexibility index (Phi) is 3.66. The molecule has 0 fully saturated rings. The average Bonchev–Trinajstić information content (AvgIpc) is 2.25. The first-order valence-electron chi connectivity index (χ1n) is 4.58. The molecule has 0 aromatic heterocycles. The fourth-order valence-corrected chi connectivity index (χ4v) is 1.08. The molecule has 1 aromatic carbocycles. The number of nitrogens with two attached hydrogens (primary N) is 1. The maximum Gasteiger partial charge on any atom is 0.329 e. The molecule has 5 N–H and O–H groups in total. The summed E-state index contributed by atoms with van der Waals surface area (Å²) in [5.41, 5.74) is 7.20. The second-order valence-electron chi connectivity index (χ2n) is 3.20. The number of amides is 2. The summed E-state index contributed by atoms with van der Waals surface area (Å²) in [5, 5.41) is 22.2. The number of primary amides is 1. The van der Waals surface area contributed by atoms with Crippen LogP contribution in [0.3, 0.4) is 0 Å². The van der Waals surface area contributed by atoms with E-state index in [0.29, 0.717) is 5.56 Å². The number of phenols is 2. The van der Waals surface area contributed by atoms with E-state index in [1.807, 2.05) is 5.43 Å². The summed E-state index contributed by atoms with van der Waals surface area (Å²) < 4.78 is 0. The van der Waals surface area contributed by atoms with Crippen molar-refractivity contribution >= 4 is 17.5 Å². The number of nitrogens with zero attached hydrogens (tertiary/aromatic N) is 1. The molecule has 17 heavy (non-hydrogen) atoms. The van der Waals surface area contributed by atoms with E-state index in [2.05, 4.69) is 5.10 Å². The smallest absolute Gasteiger partial charge is 0.329 e. The summed E-state index contributed by atoms with van der Waals surface area (Å²) in [7, 11) is 0. The number of nitrogens with one attached hydrogen (secondary N) is 1. The molecule has 0 unspecified atom stereocenters. The van der Waals surface area contributed by atoms with Crippen LogP contribution in [0, 0.1) is 0 Å². The quantitative estimate of drug-likeness (QED) is 0.312. The highest BCUT2D eigenvalue weighted by Crippen LogP contribution is 2.22. The van der Waals surface area contributed by atoms with Gasteiger partial charge in [-0.25, -0.2) is 5.43 Å². The fraction of sp³-hybridized carbons (Fsp3) is 0.100. The minimum Gasteiger partial charge on any atom is -0.508 e. The lowest BCUT2D eigenvalue weighted by atomic mass is 10.1. The van der Waals surface area contributed by atoms with Crippen LogP contribution in [0.15, 0.2) is 23.3 Å². The Balaban J connectivity index is 2.89. The van der Waals surface area contributed by atoms with Crippen LogP contribution in [0.4, 0.5) is 0 Å². The molecule has 0 radical (unpaired) electrons. The highest BCUT2D eigenvalue weighted by atomic mass is 16.3. The third kappa shape index (κ3) is 3.20. The van der Waals surface area contributed by atoms with E-state index in [1.54, 1.807) is 0 Å². The van der Waals surface area contributed by atoms with Gasteiger partial charge in [0, 0.05) is 11.6 Å². The third-order valence-electron chi connectivity index (χ3n) is 1.92. The van der Waals surface area contributed by atoms with Gasteiger partial charge in [-0.05, 0) is 19.1 Å². The molecule has 1 aromatic rings. The first kappa shape index (κ1) is 12.5. The lowest BCUT2D eigenvalue weighted by molar-refractivity contribution is -0.137. The van der Waals surface area contributed by atoms with Crippen molar-refractivity contribution < 1.29 is 19.8 Å². The molecule has 0 aliphatic rings. The molecule has 0 spiro atoms. The summed E-state index contributed by atoms with van der Waals surface area (Å²) in [6.07, 6.45) is 0. The predicted octanol–water partition coefficient (Wildman–Crippen LogP) is -0.577. The number of hydrogen-bond acceptors (Lipinski definition) is 5. The number of carbonyl (C=O) groups excluding carboxylic acids is 2. The molecule has 0 saturated carbocycles. The summed E-state index contributed by atoms with van der Waals surface area (Å²) in [4.78, 5) is 21.2. The van der Waals surface area contributed by atoms with Gasteiger partial charge in [-0.15, -0.1) is 0 Å². The van der Waals surface area contributed by atoms with Crippen molar-refractivity contribution in [3.63, 3.8) is 0 Å². The second kappa shape index (κ2) is 4.97. The zero-order valence-electron chi connectivity index (χ0n) is 8.97. The molecule has 7 nitrogen and oxygen atoms in total. The van der Waals surface area contributed by atoms with Crippen LogP contribution in [0.5, 0.6) is 11.5 Å². The number of hydrogen-bond donors (Lipinski definition) is 4. The van der Waals surface area contributed by atoms with Crippen LogP contribution in [0.1, 0.15) is 12.5 Å². The normalized spacial score (nSPS) is 11.0. The van der Waals surface area contributed by atoms with Crippen LogP contribution >= 0.6 is 0 Å². The maximum absolute atomic E-state index is 10.8. The Bertz CT molecular complexity index is 496. The van der Waals surface area contributed by atoms with Crippen molar-refractivity contribution in [3.05, 3.63) is 23.8 Å². The van der Waals surface area contributed by atoms with Crippen LogP contribution < -0.4 is 11.2 Å². The van der Waals surface area contributed by atoms with Crippen molar-refractivity contribution in [2.75, 3.05) is 0 Å². The minimum absolute atomic E-state index is 0.0970. The van der Waals surface area contributed by atoms with Gasteiger partial charge < -0.3 is 15.9 Å². The van der Waals surface area contributed by atoms with Gasteiger partial charge in [0.2, 0.25) is 0 Å². The molecule has 0 aliphatic heterocycles. The Morgan fingerprint density at radius 2 is 2.00 bits per heavy atom. The molecule has 0 aliphatic carbocycles. The van der Waals surface area contributed by atoms with E-state index in [1.165, 1.54) is 19.1 Å². The molecule has 1 rings (SSSR count). The average molecular weight is 237 g/mol. The number of aromatic hydroxyl groups is 2. The van der Waals surface area contributed by atoms with Crippen molar-refractivity contribution in [1.82, 2.24) is 5.43 Å². The maximum atomic E-state index is 10.8. The van der Waals surface area contributed by atoms with E-state index in [-0.39, 0.29) is 17.2 Å². The van der Waals surface area contributed by atoms with Crippen molar-refractivity contribution in [2.45, 2.75) is 6.92 Å². The molecule has 0 saturated heterocycles. The zero-order chi connectivity index (χ0) is 13.0. The van der Waals surface area contributed by atoms with Gasteiger partial charge in [-0.1, -0.05) is 0 Å². The molecular weight excluding hydrogens is 226 g/mol. The van der Waals surface area contributed by atoms with Crippen LogP contribution in [-0.2, 0) is 9.59 Å². The van der Waals surface area contributed by atoms with Crippen LogP contribution in [0.25, 0.3) is 0 Å². The fourth-order valence-electron chi connectivity index (χ4n) is 1.08. The Labute approximate surface area is 96.6 Å². The summed E-state index contributed by atoms with van der Waals surface area (Å²) in [6.45, 7) is 1.51. The van der Waals surface area contributed by atoms with E-state index in [0.717, 1.165) is 6.07 Å². The van der Waals surface area contributed by atoms with E-state index in [9.17, 15) is 14.7 Å². The van der Waals surface area contributed by atoms with Crippen LogP contribution in [0.2, 0.25) is 0 Å². The summed E-state index contributed by atoms with van der Waals surface area (Å²) in [6, 6.07) is 3.90. The molecule has 2 amide bonds. The van der Waals surface area contributed by atoms with Gasteiger partial charge in [-0.3, -0.25) is 9.59 Å². The van der Waals surface area contributed by atoms with Crippen molar-refractivity contribution in [1.29, 1.82) is 0 Å². The van der Waals surface area contributed by atoms with Crippen molar-refractivity contribution in [3.8, 4) is 11.5 Å². The molecule has 7 heteroatoms. The lowest BCUT2D eigenvalue weighted by Crippen LogP contribution is -2.33. The number of phenolic OH excluding ortho intramolecular Hbond substituents is 2. The van der Waals surface area contributed by atoms with Crippen molar-refractivity contribution in [2.24, 2.45) is 10.8 Å². The highest BCUT2D eigenvalue weighted by molar-refractivity contribution is 6.34. The summed E-state index contributed by atoms with van der Waals surface area (Å²) >= 11 is 0. The largest absolute Gasteiger partial charge is 0.508 e. The molecule has 0 bridgehead atoms. The van der Waals surface area contributed by atoms with Gasteiger partial charge in [0.1, 0.15) is 11.5 Å². The number of carbonyl (C=O) groups is 2. The number of benzene rings is 1. The monoisotopic (exact) mass is 237 g/mol. The van der Waals surface area contributed by atoms with Gasteiger partial charge in [-0.2, -0.15) is 5.10 Å². The zero-order valence-corrected chi connectivity index (χ0v) is 8.97. The topological polar surface area (TPSA) is 125 Å². The number of rotatable bonds is 2. The first-order valence-corrected chi connectivity index (χ1v) is 4.58. The Morgan fingerprint density at radius 1 is 1.35 bits per heavy atom. The van der Waals surface area contributed by atoms with Crippen LogP contribution in [-0.4, -0.2) is 27.7 Å². The van der Waals surface area contributed by atoms with E-state index in [4.69, 9.17) is 10.8 Å². The van der Waals surface area contributed by atoms with E-state index < -0.39 is 11.8 Å². The third-order valence-corrected chi connectivity index (χ3v) is 1.92. The lowest BCUT2D eigenvalue weighted by Gasteiger charge is -2.04. The Morgan fingerprint density at radius 3 is 2.53 bits per heavy atom. The molecule has 90 valence electrons. The second-order valence-corrected chi connectivity index (χ2v) is 3.20. The molecule has 0 atom stereocenters. The SMILES string of the molecule is C/C(=N\NC(=O)C(N)=O)c1ccc(O)cc1O. The minimum atomic E-state index is -1.16. The predicted molar refractivity (Wildman–Crippen MR) is 59.3 cm³/mol. The molecule has 0 heterocycles. The summed E-state index contributed by atoms with van der Waals surface area (Å²) in [5.74, 6) is -2.50. The van der Waals surface area contributed by atoms with E-state index >= 15 is 0 Å². The molecular formula is C10H11N3O4. The Hall–Kier alpha value is -2.57. The first-order chi connectivity index (χ1) is 7.91. The van der Waals surface area contributed by atoms with Gasteiger partial charge in [0.25, 0.3) is 0 Å². The number of hydrazone groups is 1. The van der Waals surface area contributed by atoms with Gasteiger partial charge >= 0.3 is 11.8 Å². The van der Waals surface area contributed by atoms with Gasteiger partial charge in [0.05, 0.1) is 5.71 Å². The highest BCUT2D eigenvalue weighted by Gasteiger charge is 2.09.